The third-order valence-corrected chi connectivity index (χ3v) is 6.64. The van der Waals surface area contributed by atoms with Gasteiger partial charge in [-0.05, 0) is 45.1 Å². The first-order valence-corrected chi connectivity index (χ1v) is 11.7. The third-order valence-electron chi connectivity index (χ3n) is 5.70. The lowest BCUT2D eigenvalue weighted by Crippen LogP contribution is -2.32. The second-order valence-corrected chi connectivity index (χ2v) is 9.02. The van der Waals surface area contributed by atoms with Crippen molar-refractivity contribution < 1.29 is 19.1 Å². The number of nitrogens with zero attached hydrogens (tertiary/aromatic N) is 4. The summed E-state index contributed by atoms with van der Waals surface area (Å²) >= 11 is 1.38. The molecule has 0 bridgehead atoms. The number of benzene rings is 1. The Morgan fingerprint density at radius 3 is 2.58 bits per heavy atom. The summed E-state index contributed by atoms with van der Waals surface area (Å²) in [7, 11) is 0. The van der Waals surface area contributed by atoms with E-state index in [1.54, 1.807) is 12.1 Å². The molecule has 31 heavy (non-hydrogen) atoms. The number of anilines is 2. The summed E-state index contributed by atoms with van der Waals surface area (Å²) in [5.74, 6) is 1.78. The summed E-state index contributed by atoms with van der Waals surface area (Å²) in [4.78, 5) is 27.0. The quantitative estimate of drug-likeness (QED) is 0.514. The minimum absolute atomic E-state index is 0.107. The third kappa shape index (κ3) is 4.21. The highest BCUT2D eigenvalue weighted by Gasteiger charge is 2.32. The van der Waals surface area contributed by atoms with E-state index >= 15 is 0 Å². The predicted octanol–water partition coefficient (Wildman–Crippen LogP) is 3.27. The normalized spacial score (nSPS) is 17.6. The van der Waals surface area contributed by atoms with Crippen LogP contribution in [0.4, 0.5) is 11.6 Å². The van der Waals surface area contributed by atoms with Crippen molar-refractivity contribution in [3.63, 3.8) is 0 Å². The average Bonchev–Trinajstić information content (AvgIpc) is 3.35. The number of carbonyl (C=O) groups excluding carboxylic acids is 2. The maximum Gasteiger partial charge on any atom is 0.234 e. The van der Waals surface area contributed by atoms with Crippen LogP contribution >= 0.6 is 11.8 Å². The average molecular weight is 444 g/mol. The number of piperidine rings is 1. The number of thioether (sulfide) groups is 1. The Bertz CT molecular complexity index is 1010. The molecule has 164 valence electrons. The van der Waals surface area contributed by atoms with Crippen LogP contribution in [0.3, 0.4) is 0 Å². The molecule has 2 aromatic rings. The molecular weight excluding hydrogens is 418 g/mol. The molecule has 1 aliphatic carbocycles. The van der Waals surface area contributed by atoms with Gasteiger partial charge in [0.15, 0.2) is 22.4 Å². The van der Waals surface area contributed by atoms with E-state index in [9.17, 15) is 9.59 Å². The Morgan fingerprint density at radius 1 is 1.13 bits per heavy atom. The van der Waals surface area contributed by atoms with E-state index in [1.807, 2.05) is 0 Å². The molecule has 1 aromatic carbocycles. The number of ketones is 1. The number of rotatable bonds is 7. The summed E-state index contributed by atoms with van der Waals surface area (Å²) in [5, 5.41) is 12.5. The van der Waals surface area contributed by atoms with Crippen molar-refractivity contribution in [3.05, 3.63) is 17.7 Å². The lowest BCUT2D eigenvalue weighted by molar-refractivity contribution is -0.113. The molecule has 0 radical (unpaired) electrons. The van der Waals surface area contributed by atoms with Gasteiger partial charge in [0.05, 0.1) is 11.4 Å². The molecule has 1 amide bonds. The fourth-order valence-corrected chi connectivity index (χ4v) is 4.78. The van der Waals surface area contributed by atoms with Crippen molar-refractivity contribution in [2.24, 2.45) is 0 Å². The van der Waals surface area contributed by atoms with E-state index in [-0.39, 0.29) is 24.2 Å². The van der Waals surface area contributed by atoms with Crippen molar-refractivity contribution in [1.29, 1.82) is 0 Å². The smallest absolute Gasteiger partial charge is 0.234 e. The number of fused-ring (bicyclic) bond motifs is 1. The summed E-state index contributed by atoms with van der Waals surface area (Å²) in [6.45, 7) is 3.58. The van der Waals surface area contributed by atoms with Gasteiger partial charge >= 0.3 is 0 Å². The molecule has 0 unspecified atom stereocenters. The van der Waals surface area contributed by atoms with Crippen LogP contribution in [0.1, 0.15) is 55.4 Å². The van der Waals surface area contributed by atoms with Crippen LogP contribution in [0.25, 0.3) is 0 Å². The monoisotopic (exact) mass is 443 g/mol. The first kappa shape index (κ1) is 20.2. The van der Waals surface area contributed by atoms with E-state index in [0.29, 0.717) is 28.8 Å². The highest BCUT2D eigenvalue weighted by atomic mass is 32.2. The van der Waals surface area contributed by atoms with E-state index < -0.39 is 0 Å². The second-order valence-electron chi connectivity index (χ2n) is 8.08. The number of amides is 1. The number of carbonyl (C=O) groups is 2. The van der Waals surface area contributed by atoms with E-state index in [1.165, 1.54) is 37.9 Å². The Labute approximate surface area is 184 Å². The molecular formula is C21H25N5O4S. The van der Waals surface area contributed by atoms with Gasteiger partial charge in [-0.15, -0.1) is 10.2 Å². The van der Waals surface area contributed by atoms with Gasteiger partial charge in [-0.25, -0.2) is 0 Å². The Kier molecular flexibility index (Phi) is 5.47. The standard InChI is InChI=1S/C21H25N5O4S/c1-13(27)15-9-17-18(30-12-29-17)10-16(15)22-19(28)11-31-21-24-23-20(26(21)14-5-6-14)25-7-3-2-4-8-25/h9-10,14H,2-8,11-12H2,1H3,(H,22,28). The highest BCUT2D eigenvalue weighted by Crippen LogP contribution is 2.41. The largest absolute Gasteiger partial charge is 0.454 e. The van der Waals surface area contributed by atoms with Crippen molar-refractivity contribution in [1.82, 2.24) is 14.8 Å². The zero-order chi connectivity index (χ0) is 21.4. The zero-order valence-corrected chi connectivity index (χ0v) is 18.2. The molecule has 2 fully saturated rings. The van der Waals surface area contributed by atoms with Crippen LogP contribution in [-0.4, -0.2) is 52.1 Å². The van der Waals surface area contributed by atoms with Crippen molar-refractivity contribution in [2.75, 3.05) is 35.9 Å². The lowest BCUT2D eigenvalue weighted by Gasteiger charge is -2.27. The molecule has 9 nitrogen and oxygen atoms in total. The minimum Gasteiger partial charge on any atom is -0.454 e. The van der Waals surface area contributed by atoms with Crippen molar-refractivity contribution in [3.8, 4) is 11.5 Å². The summed E-state index contributed by atoms with van der Waals surface area (Å²) in [6, 6.07) is 3.68. The number of hydrogen-bond acceptors (Lipinski definition) is 8. The molecule has 1 N–H and O–H groups in total. The van der Waals surface area contributed by atoms with Crippen molar-refractivity contribution in [2.45, 2.75) is 50.2 Å². The number of nitrogens with one attached hydrogen (secondary N) is 1. The van der Waals surface area contributed by atoms with Gasteiger partial charge in [0.2, 0.25) is 18.6 Å². The Balaban J connectivity index is 1.28. The van der Waals surface area contributed by atoms with Gasteiger partial charge in [0, 0.05) is 30.8 Å². The van der Waals surface area contributed by atoms with Gasteiger partial charge in [0.1, 0.15) is 0 Å². The van der Waals surface area contributed by atoms with Crippen molar-refractivity contribution >= 4 is 35.1 Å². The fraction of sp³-hybridized carbons (Fsp3) is 0.524. The van der Waals surface area contributed by atoms with Crippen LogP contribution in [-0.2, 0) is 4.79 Å². The van der Waals surface area contributed by atoms with E-state index in [4.69, 9.17) is 9.47 Å². The molecule has 1 aromatic heterocycles. The molecule has 10 heteroatoms. The van der Waals surface area contributed by atoms with Gasteiger partial charge in [-0.2, -0.15) is 0 Å². The van der Waals surface area contributed by atoms with Crippen LogP contribution in [0, 0.1) is 0 Å². The van der Waals surface area contributed by atoms with Crippen LogP contribution in [0.5, 0.6) is 11.5 Å². The highest BCUT2D eigenvalue weighted by molar-refractivity contribution is 7.99. The first-order valence-electron chi connectivity index (χ1n) is 10.7. The molecule has 1 saturated carbocycles. The van der Waals surface area contributed by atoms with Gasteiger partial charge in [-0.3, -0.25) is 14.2 Å². The van der Waals surface area contributed by atoms with Gasteiger partial charge in [0.25, 0.3) is 0 Å². The maximum absolute atomic E-state index is 12.7. The minimum atomic E-state index is -0.212. The van der Waals surface area contributed by atoms with Gasteiger partial charge < -0.3 is 19.7 Å². The van der Waals surface area contributed by atoms with E-state index in [2.05, 4.69) is 25.0 Å². The number of hydrogen-bond donors (Lipinski definition) is 1. The zero-order valence-electron chi connectivity index (χ0n) is 17.4. The predicted molar refractivity (Wildman–Crippen MR) is 116 cm³/mol. The Hall–Kier alpha value is -2.75. The SMILES string of the molecule is CC(=O)c1cc2c(cc1NC(=O)CSc1nnc(N3CCCCC3)n1C1CC1)OCO2. The number of Topliss-reactive ketones (excluding diaryl/α,β-unsaturated/α-hetero) is 1. The fourth-order valence-electron chi connectivity index (χ4n) is 3.98. The first-order chi connectivity index (χ1) is 15.1. The second kappa shape index (κ2) is 8.41. The number of ether oxygens (including phenoxy) is 2. The summed E-state index contributed by atoms with van der Waals surface area (Å²) < 4.78 is 12.9. The molecule has 0 atom stereocenters. The van der Waals surface area contributed by atoms with E-state index in [0.717, 1.165) is 37.0 Å². The Morgan fingerprint density at radius 2 is 1.87 bits per heavy atom. The topological polar surface area (TPSA) is 98.6 Å². The molecule has 5 rings (SSSR count). The number of aromatic nitrogens is 3. The van der Waals surface area contributed by atoms with Crippen LogP contribution in [0.15, 0.2) is 17.3 Å². The lowest BCUT2D eigenvalue weighted by atomic mass is 10.1. The maximum atomic E-state index is 12.7. The summed E-state index contributed by atoms with van der Waals surface area (Å²) in [5.41, 5.74) is 0.830. The van der Waals surface area contributed by atoms with Crippen LogP contribution in [0.2, 0.25) is 0 Å². The summed E-state index contributed by atoms with van der Waals surface area (Å²) in [6.07, 6.45) is 5.86. The van der Waals surface area contributed by atoms with Gasteiger partial charge in [-0.1, -0.05) is 11.8 Å². The molecule has 0 spiro atoms. The molecule has 3 aliphatic rings. The molecule has 3 heterocycles. The molecule has 2 aliphatic heterocycles. The van der Waals surface area contributed by atoms with Crippen LogP contribution < -0.4 is 19.7 Å². The molecule has 1 saturated heterocycles.